The zero-order valence-electron chi connectivity index (χ0n) is 15.8. The summed E-state index contributed by atoms with van der Waals surface area (Å²) in [7, 11) is 0.490. The number of benzene rings is 1. The standard InChI is InChI=1S/C18H24F4O3S/c1-15(2,3)11-8-10(9-12(13(11)23)16(4,5)6)26-14(24)17(19,25-7)18(20,21)22/h8-9,23H,1-7H3/t17-/m0/s1. The van der Waals surface area contributed by atoms with Crippen LogP contribution in [0.4, 0.5) is 17.6 Å². The Morgan fingerprint density at radius 2 is 1.35 bits per heavy atom. The van der Waals surface area contributed by atoms with Crippen molar-refractivity contribution >= 4 is 16.9 Å². The van der Waals surface area contributed by atoms with Gasteiger partial charge in [0.05, 0.1) is 0 Å². The Kier molecular flexibility index (Phi) is 6.16. The second kappa shape index (κ2) is 7.03. The minimum atomic E-state index is -5.50. The first kappa shape index (κ1) is 22.8. The van der Waals surface area contributed by atoms with Crippen molar-refractivity contribution in [2.75, 3.05) is 7.11 Å². The van der Waals surface area contributed by atoms with E-state index < -0.39 is 28.0 Å². The number of phenols is 1. The van der Waals surface area contributed by atoms with E-state index in [1.165, 1.54) is 12.1 Å². The lowest BCUT2D eigenvalue weighted by atomic mass is 9.79. The van der Waals surface area contributed by atoms with Crippen LogP contribution in [0.5, 0.6) is 5.75 Å². The van der Waals surface area contributed by atoms with Crippen LogP contribution in [0, 0.1) is 0 Å². The number of alkyl halides is 4. The fourth-order valence-electron chi connectivity index (χ4n) is 2.30. The first-order chi connectivity index (χ1) is 11.4. The number of methoxy groups -OCH3 is 1. The van der Waals surface area contributed by atoms with Crippen molar-refractivity contribution in [1.82, 2.24) is 0 Å². The topological polar surface area (TPSA) is 46.5 Å². The SMILES string of the molecule is CO[C@@](F)(C(=O)Sc1cc(C(C)(C)C)c(O)c(C(C)(C)C)c1)C(F)(F)F. The number of thioether (sulfide) groups is 1. The van der Waals surface area contributed by atoms with Crippen LogP contribution in [0.3, 0.4) is 0 Å². The van der Waals surface area contributed by atoms with Crippen LogP contribution in [0.2, 0.25) is 0 Å². The lowest BCUT2D eigenvalue weighted by Gasteiger charge is -2.28. The number of aromatic hydroxyl groups is 1. The van der Waals surface area contributed by atoms with Crippen LogP contribution in [-0.4, -0.2) is 29.4 Å². The minimum absolute atomic E-state index is 0.0101. The van der Waals surface area contributed by atoms with Crippen molar-refractivity contribution in [3.05, 3.63) is 23.3 Å². The highest BCUT2D eigenvalue weighted by molar-refractivity contribution is 8.13. The van der Waals surface area contributed by atoms with Crippen molar-refractivity contribution in [3.63, 3.8) is 0 Å². The van der Waals surface area contributed by atoms with E-state index in [0.29, 0.717) is 18.2 Å². The third kappa shape index (κ3) is 4.52. The summed E-state index contributed by atoms with van der Waals surface area (Å²) in [6.45, 7) is 10.9. The Hall–Kier alpha value is -1.28. The fraction of sp³-hybridized carbons (Fsp3) is 0.611. The van der Waals surface area contributed by atoms with Crippen molar-refractivity contribution in [2.24, 2.45) is 0 Å². The predicted molar refractivity (Wildman–Crippen MR) is 93.3 cm³/mol. The van der Waals surface area contributed by atoms with Crippen LogP contribution >= 0.6 is 11.8 Å². The van der Waals surface area contributed by atoms with Crippen LogP contribution in [0.15, 0.2) is 17.0 Å². The van der Waals surface area contributed by atoms with Crippen LogP contribution < -0.4 is 0 Å². The molecule has 0 bridgehead atoms. The second-order valence-electron chi connectivity index (χ2n) is 8.05. The highest BCUT2D eigenvalue weighted by Gasteiger charge is 2.63. The van der Waals surface area contributed by atoms with Gasteiger partial charge in [-0.25, -0.2) is 0 Å². The normalized spacial score (nSPS) is 15.7. The lowest BCUT2D eigenvalue weighted by molar-refractivity contribution is -0.302. The molecule has 0 fully saturated rings. The van der Waals surface area contributed by atoms with Gasteiger partial charge in [-0.15, -0.1) is 0 Å². The smallest absolute Gasteiger partial charge is 0.457 e. The van der Waals surface area contributed by atoms with Gasteiger partial charge in [-0.3, -0.25) is 4.79 Å². The molecule has 0 saturated carbocycles. The van der Waals surface area contributed by atoms with Crippen LogP contribution in [0.25, 0.3) is 0 Å². The van der Waals surface area contributed by atoms with E-state index in [0.717, 1.165) is 0 Å². The van der Waals surface area contributed by atoms with Gasteiger partial charge < -0.3 is 9.84 Å². The number of phenolic OH excluding ortho intramolecular Hbond substituents is 1. The number of rotatable bonds is 3. The van der Waals surface area contributed by atoms with Crippen LogP contribution in [-0.2, 0) is 20.4 Å². The summed E-state index contributed by atoms with van der Waals surface area (Å²) in [5.41, 5.74) is -0.174. The molecule has 0 unspecified atom stereocenters. The molecule has 1 atom stereocenters. The van der Waals surface area contributed by atoms with Gasteiger partial charge in [-0.1, -0.05) is 41.5 Å². The molecule has 1 aromatic carbocycles. The van der Waals surface area contributed by atoms with E-state index in [-0.39, 0.29) is 22.4 Å². The molecule has 0 aliphatic carbocycles. The summed E-state index contributed by atoms with van der Waals surface area (Å²) in [5, 5.41) is 8.76. The summed E-state index contributed by atoms with van der Waals surface area (Å²) >= 11 is 0.101. The van der Waals surface area contributed by atoms with Crippen molar-refractivity contribution in [1.29, 1.82) is 0 Å². The molecule has 1 aromatic rings. The summed E-state index contributed by atoms with van der Waals surface area (Å²) in [6, 6.07) is 2.80. The fourth-order valence-corrected chi connectivity index (χ4v) is 3.20. The van der Waals surface area contributed by atoms with Gasteiger partial charge in [0, 0.05) is 23.1 Å². The quantitative estimate of drug-likeness (QED) is 0.543. The molecule has 0 saturated heterocycles. The van der Waals surface area contributed by atoms with Gasteiger partial charge in [-0.05, 0) is 34.7 Å². The van der Waals surface area contributed by atoms with E-state index in [4.69, 9.17) is 0 Å². The molecular weight excluding hydrogens is 372 g/mol. The molecule has 0 amide bonds. The molecule has 0 aliphatic rings. The summed E-state index contributed by atoms with van der Waals surface area (Å²) in [4.78, 5) is 12.1. The molecule has 1 rings (SSSR count). The summed E-state index contributed by atoms with van der Waals surface area (Å²) in [5.74, 6) is -4.39. The second-order valence-corrected chi connectivity index (χ2v) is 9.10. The zero-order valence-corrected chi connectivity index (χ0v) is 16.7. The van der Waals surface area contributed by atoms with E-state index in [9.17, 15) is 27.5 Å². The molecular formula is C18H24F4O3S. The van der Waals surface area contributed by atoms with Gasteiger partial charge in [0.15, 0.2) is 0 Å². The first-order valence-electron chi connectivity index (χ1n) is 7.86. The third-order valence-corrected chi connectivity index (χ3v) is 4.74. The lowest BCUT2D eigenvalue weighted by Crippen LogP contribution is -2.48. The van der Waals surface area contributed by atoms with Crippen molar-refractivity contribution < 1.29 is 32.2 Å². The van der Waals surface area contributed by atoms with Crippen molar-refractivity contribution in [2.45, 2.75) is 69.3 Å². The van der Waals surface area contributed by atoms with E-state index in [2.05, 4.69) is 4.74 Å². The Labute approximate surface area is 155 Å². The van der Waals surface area contributed by atoms with Gasteiger partial charge in [0.2, 0.25) is 0 Å². The highest BCUT2D eigenvalue weighted by atomic mass is 32.2. The Morgan fingerprint density at radius 3 is 1.62 bits per heavy atom. The average Bonchev–Trinajstić information content (AvgIpc) is 2.44. The number of carbonyl (C=O) groups excluding carboxylic acids is 1. The third-order valence-electron chi connectivity index (χ3n) is 3.82. The molecule has 1 N–H and O–H groups in total. The number of carbonyl (C=O) groups is 1. The molecule has 0 heterocycles. The van der Waals surface area contributed by atoms with E-state index in [1.807, 2.05) is 41.5 Å². The Bertz CT molecular complexity index is 652. The van der Waals surface area contributed by atoms with Gasteiger partial charge in [0.1, 0.15) is 5.75 Å². The Morgan fingerprint density at radius 1 is 0.962 bits per heavy atom. The predicted octanol–water partition coefficient (Wildman–Crippen LogP) is 5.48. The molecule has 0 spiro atoms. The maximum absolute atomic E-state index is 14.1. The number of hydrogen-bond acceptors (Lipinski definition) is 4. The molecule has 148 valence electrons. The maximum atomic E-state index is 14.1. The number of hydrogen-bond donors (Lipinski definition) is 1. The minimum Gasteiger partial charge on any atom is -0.507 e. The molecule has 0 aromatic heterocycles. The largest absolute Gasteiger partial charge is 0.507 e. The highest BCUT2D eigenvalue weighted by Crippen LogP contribution is 2.44. The van der Waals surface area contributed by atoms with E-state index >= 15 is 0 Å². The summed E-state index contributed by atoms with van der Waals surface area (Å²) in [6.07, 6.45) is -5.50. The summed E-state index contributed by atoms with van der Waals surface area (Å²) < 4.78 is 56.6. The number of halogens is 4. The zero-order chi connectivity index (χ0) is 20.7. The molecule has 0 radical (unpaired) electrons. The van der Waals surface area contributed by atoms with Gasteiger partial charge in [0.25, 0.3) is 5.12 Å². The first-order valence-corrected chi connectivity index (χ1v) is 8.68. The van der Waals surface area contributed by atoms with Crippen LogP contribution in [0.1, 0.15) is 52.7 Å². The average molecular weight is 396 g/mol. The molecule has 3 nitrogen and oxygen atoms in total. The Balaban J connectivity index is 3.49. The number of ether oxygens (including phenoxy) is 1. The molecule has 8 heteroatoms. The van der Waals surface area contributed by atoms with E-state index in [1.54, 1.807) is 0 Å². The van der Waals surface area contributed by atoms with Gasteiger partial charge in [-0.2, -0.15) is 17.6 Å². The molecule has 26 heavy (non-hydrogen) atoms. The maximum Gasteiger partial charge on any atom is 0.457 e. The monoisotopic (exact) mass is 396 g/mol. The van der Waals surface area contributed by atoms with Gasteiger partial charge >= 0.3 is 12.0 Å². The molecule has 0 aliphatic heterocycles. The van der Waals surface area contributed by atoms with Crippen molar-refractivity contribution in [3.8, 4) is 5.75 Å².